The minimum absolute atomic E-state index is 0.0389. The Labute approximate surface area is 160 Å². The fourth-order valence-corrected chi connectivity index (χ4v) is 1.33. The lowest BCUT2D eigenvalue weighted by Gasteiger charge is -2.07. The Morgan fingerprint density at radius 1 is 0.630 bits per heavy atom. The van der Waals surface area contributed by atoms with E-state index in [0.717, 1.165) is 0 Å². The molecule has 0 aliphatic heterocycles. The van der Waals surface area contributed by atoms with E-state index in [1.165, 1.54) is 0 Å². The predicted octanol–water partition coefficient (Wildman–Crippen LogP) is -0.388. The van der Waals surface area contributed by atoms with Gasteiger partial charge < -0.3 is 33.5 Å². The minimum atomic E-state index is -4.67. The van der Waals surface area contributed by atoms with E-state index in [4.69, 9.17) is 51.1 Å². The highest BCUT2D eigenvalue weighted by atomic mass is 32.3. The molecule has 0 amide bonds. The zero-order valence-electron chi connectivity index (χ0n) is 15.5. The SMILES string of the molecule is C=CCOCCOCCOCCOCCOCCOCCO.O=S(=O)(O)O. The fraction of sp³-hybridized carbons (Fsp3) is 0.867. The van der Waals surface area contributed by atoms with Gasteiger partial charge in [-0.25, -0.2) is 0 Å². The third kappa shape index (κ3) is 41.0. The standard InChI is InChI=1S/C15H30O7.H2O4S/c1-2-4-17-6-8-19-10-12-21-14-15-22-13-11-20-9-7-18-5-3-16;1-5(2,3)4/h2,16H,1,3-15H2;(H2,1,2,3,4). The second-order valence-electron chi connectivity index (χ2n) is 4.60. The monoisotopic (exact) mass is 420 g/mol. The predicted molar refractivity (Wildman–Crippen MR) is 96.4 cm³/mol. The van der Waals surface area contributed by atoms with E-state index in [1.54, 1.807) is 6.08 Å². The highest BCUT2D eigenvalue weighted by molar-refractivity contribution is 7.79. The molecule has 0 radical (unpaired) electrons. The first-order valence-corrected chi connectivity index (χ1v) is 9.69. The van der Waals surface area contributed by atoms with Crippen LogP contribution in [0, 0.1) is 0 Å². The van der Waals surface area contributed by atoms with Gasteiger partial charge in [-0.1, -0.05) is 6.08 Å². The largest absolute Gasteiger partial charge is 0.394 e. The van der Waals surface area contributed by atoms with E-state index >= 15 is 0 Å². The van der Waals surface area contributed by atoms with Crippen molar-refractivity contribution in [2.45, 2.75) is 0 Å². The Kier molecular flexibility index (Phi) is 24.7. The van der Waals surface area contributed by atoms with Gasteiger partial charge in [-0.2, -0.15) is 8.42 Å². The summed E-state index contributed by atoms with van der Waals surface area (Å²) in [6, 6.07) is 0. The van der Waals surface area contributed by atoms with Crippen LogP contribution in [0.5, 0.6) is 0 Å². The second-order valence-corrected chi connectivity index (χ2v) is 5.49. The van der Waals surface area contributed by atoms with Crippen molar-refractivity contribution in [2.75, 3.05) is 85.9 Å². The third-order valence-corrected chi connectivity index (χ3v) is 2.33. The lowest BCUT2D eigenvalue weighted by molar-refractivity contribution is -0.0172. The number of aliphatic hydroxyl groups excluding tert-OH is 1. The summed E-state index contributed by atoms with van der Waals surface area (Å²) in [7, 11) is -4.67. The molecule has 164 valence electrons. The number of hydrogen-bond donors (Lipinski definition) is 3. The van der Waals surface area contributed by atoms with E-state index in [0.29, 0.717) is 79.3 Å². The van der Waals surface area contributed by atoms with Gasteiger partial charge in [-0.05, 0) is 0 Å². The maximum absolute atomic E-state index is 8.74. The molecule has 12 heteroatoms. The van der Waals surface area contributed by atoms with Crippen molar-refractivity contribution in [1.82, 2.24) is 0 Å². The summed E-state index contributed by atoms with van der Waals surface area (Å²) in [5.74, 6) is 0. The molecule has 3 N–H and O–H groups in total. The van der Waals surface area contributed by atoms with Gasteiger partial charge >= 0.3 is 10.4 Å². The van der Waals surface area contributed by atoms with Crippen molar-refractivity contribution in [2.24, 2.45) is 0 Å². The van der Waals surface area contributed by atoms with Crippen molar-refractivity contribution in [3.8, 4) is 0 Å². The fourth-order valence-electron chi connectivity index (χ4n) is 1.33. The van der Waals surface area contributed by atoms with E-state index in [-0.39, 0.29) is 6.61 Å². The van der Waals surface area contributed by atoms with E-state index in [2.05, 4.69) is 6.58 Å². The van der Waals surface area contributed by atoms with Crippen LogP contribution in [0.25, 0.3) is 0 Å². The van der Waals surface area contributed by atoms with Crippen molar-refractivity contribution in [3.63, 3.8) is 0 Å². The molecular formula is C15H32O11S. The molecule has 0 aliphatic carbocycles. The molecule has 0 saturated heterocycles. The molecule has 0 heterocycles. The molecule has 0 aliphatic rings. The van der Waals surface area contributed by atoms with E-state index < -0.39 is 10.4 Å². The summed E-state index contributed by atoms with van der Waals surface area (Å²) in [6.07, 6.45) is 1.71. The molecule has 0 aromatic carbocycles. The van der Waals surface area contributed by atoms with Crippen LogP contribution in [-0.2, 0) is 38.8 Å². The average molecular weight is 420 g/mol. The summed E-state index contributed by atoms with van der Waals surface area (Å²) >= 11 is 0. The van der Waals surface area contributed by atoms with Crippen molar-refractivity contribution in [3.05, 3.63) is 12.7 Å². The van der Waals surface area contributed by atoms with Crippen molar-refractivity contribution in [1.29, 1.82) is 0 Å². The Bertz CT molecular complexity index is 381. The zero-order valence-corrected chi connectivity index (χ0v) is 16.3. The van der Waals surface area contributed by atoms with Crippen molar-refractivity contribution >= 4 is 10.4 Å². The lowest BCUT2D eigenvalue weighted by atomic mass is 10.6. The Morgan fingerprint density at radius 3 is 1.15 bits per heavy atom. The first-order chi connectivity index (χ1) is 12.9. The van der Waals surface area contributed by atoms with Crippen LogP contribution in [0.3, 0.4) is 0 Å². The summed E-state index contributed by atoms with van der Waals surface area (Å²) < 4.78 is 63.0. The molecule has 0 aromatic rings. The van der Waals surface area contributed by atoms with Crippen LogP contribution in [0.4, 0.5) is 0 Å². The van der Waals surface area contributed by atoms with Crippen LogP contribution in [0.15, 0.2) is 12.7 Å². The van der Waals surface area contributed by atoms with Gasteiger partial charge in [0.05, 0.1) is 85.9 Å². The molecule has 0 atom stereocenters. The molecule has 0 fully saturated rings. The molecule has 0 unspecified atom stereocenters. The zero-order chi connectivity index (χ0) is 20.6. The molecule has 27 heavy (non-hydrogen) atoms. The number of rotatable bonds is 19. The highest BCUT2D eigenvalue weighted by Gasteiger charge is 1.93. The van der Waals surface area contributed by atoms with Gasteiger partial charge in [0, 0.05) is 0 Å². The Balaban J connectivity index is 0. The first kappa shape index (κ1) is 28.5. The summed E-state index contributed by atoms with van der Waals surface area (Å²) in [5.41, 5.74) is 0. The molecule has 0 aromatic heterocycles. The molecule has 0 bridgehead atoms. The topological polar surface area (TPSA) is 150 Å². The quantitative estimate of drug-likeness (QED) is 0.142. The molecule has 0 spiro atoms. The van der Waals surface area contributed by atoms with E-state index in [9.17, 15) is 0 Å². The van der Waals surface area contributed by atoms with Gasteiger partial charge in [0.25, 0.3) is 0 Å². The van der Waals surface area contributed by atoms with Crippen LogP contribution in [-0.4, -0.2) is 109 Å². The third-order valence-electron chi connectivity index (χ3n) is 2.33. The van der Waals surface area contributed by atoms with Crippen molar-refractivity contribution < 1.29 is 51.1 Å². The molecule has 0 saturated carbocycles. The van der Waals surface area contributed by atoms with Crippen LogP contribution < -0.4 is 0 Å². The Hall–Kier alpha value is -0.670. The van der Waals surface area contributed by atoms with Gasteiger partial charge in [0.2, 0.25) is 0 Å². The van der Waals surface area contributed by atoms with Gasteiger partial charge in [-0.3, -0.25) is 9.11 Å². The maximum atomic E-state index is 8.74. The number of aliphatic hydroxyl groups is 1. The molecule has 0 rings (SSSR count). The highest BCUT2D eigenvalue weighted by Crippen LogP contribution is 1.84. The maximum Gasteiger partial charge on any atom is 0.394 e. The summed E-state index contributed by atoms with van der Waals surface area (Å²) in [4.78, 5) is 0. The molecule has 11 nitrogen and oxygen atoms in total. The second kappa shape index (κ2) is 23.4. The average Bonchev–Trinajstić information content (AvgIpc) is 2.59. The lowest BCUT2D eigenvalue weighted by Crippen LogP contribution is -2.14. The van der Waals surface area contributed by atoms with Gasteiger partial charge in [0.1, 0.15) is 0 Å². The number of hydrogen-bond acceptors (Lipinski definition) is 9. The Morgan fingerprint density at radius 2 is 0.889 bits per heavy atom. The van der Waals surface area contributed by atoms with E-state index in [1.807, 2.05) is 0 Å². The minimum Gasteiger partial charge on any atom is -0.394 e. The normalized spacial score (nSPS) is 11.1. The van der Waals surface area contributed by atoms with Gasteiger partial charge in [0.15, 0.2) is 0 Å². The summed E-state index contributed by atoms with van der Waals surface area (Å²) in [5, 5.41) is 8.49. The van der Waals surface area contributed by atoms with Crippen LogP contribution >= 0.6 is 0 Å². The first-order valence-electron chi connectivity index (χ1n) is 8.30. The van der Waals surface area contributed by atoms with Gasteiger partial charge in [-0.15, -0.1) is 6.58 Å². The van der Waals surface area contributed by atoms with Crippen LogP contribution in [0.1, 0.15) is 0 Å². The molecular weight excluding hydrogens is 388 g/mol. The smallest absolute Gasteiger partial charge is 0.394 e. The summed E-state index contributed by atoms with van der Waals surface area (Å²) in [6.45, 7) is 9.84. The number of ether oxygens (including phenoxy) is 6. The van der Waals surface area contributed by atoms with Crippen LogP contribution in [0.2, 0.25) is 0 Å².